The number of nitrogens with one attached hydrogen (secondary N) is 1. The summed E-state index contributed by atoms with van der Waals surface area (Å²) in [5, 5.41) is 12.4. The van der Waals surface area contributed by atoms with Crippen LogP contribution in [-0.2, 0) is 4.74 Å². The highest BCUT2D eigenvalue weighted by Crippen LogP contribution is 1.99. The van der Waals surface area contributed by atoms with Crippen molar-refractivity contribution in [1.29, 1.82) is 0 Å². The number of ether oxygens (including phenoxy) is 1. The summed E-state index contributed by atoms with van der Waals surface area (Å²) in [5.74, 6) is 2.45. The van der Waals surface area contributed by atoms with Crippen molar-refractivity contribution in [3.63, 3.8) is 0 Å². The van der Waals surface area contributed by atoms with Gasteiger partial charge in [-0.2, -0.15) is 0 Å². The molecule has 0 amide bonds. The Balaban J connectivity index is 3.10. The Bertz CT molecular complexity index is 165. The van der Waals surface area contributed by atoms with Crippen LogP contribution in [0.4, 0.5) is 0 Å². The predicted molar refractivity (Wildman–Crippen MR) is 62.7 cm³/mol. The summed E-state index contributed by atoms with van der Waals surface area (Å²) in [7, 11) is 0. The zero-order valence-electron chi connectivity index (χ0n) is 9.67. The molecular weight excluding hydrogens is 190 g/mol. The molecule has 3 heteroatoms. The zero-order chi connectivity index (χ0) is 11.4. The number of rotatable bonds is 10. The molecule has 0 saturated heterocycles. The second kappa shape index (κ2) is 11.5. The molecule has 15 heavy (non-hydrogen) atoms. The molecule has 0 aliphatic heterocycles. The van der Waals surface area contributed by atoms with Crippen LogP contribution < -0.4 is 5.32 Å². The van der Waals surface area contributed by atoms with E-state index < -0.39 is 6.10 Å². The van der Waals surface area contributed by atoms with E-state index in [4.69, 9.17) is 11.2 Å². The van der Waals surface area contributed by atoms with Gasteiger partial charge < -0.3 is 15.2 Å². The molecule has 0 aromatic heterocycles. The summed E-state index contributed by atoms with van der Waals surface area (Å²) in [6.07, 6.45) is 9.39. The van der Waals surface area contributed by atoms with Crippen molar-refractivity contribution in [2.24, 2.45) is 0 Å². The van der Waals surface area contributed by atoms with Gasteiger partial charge in [0, 0.05) is 13.2 Å². The third kappa shape index (κ3) is 11.4. The molecule has 0 heterocycles. The number of hydrogen-bond acceptors (Lipinski definition) is 3. The highest BCUT2D eigenvalue weighted by atomic mass is 16.5. The second-order valence-corrected chi connectivity index (χ2v) is 3.62. The molecule has 1 unspecified atom stereocenters. The number of aliphatic hydroxyl groups excluding tert-OH is 1. The normalized spacial score (nSPS) is 12.3. The quantitative estimate of drug-likeness (QED) is 0.423. The van der Waals surface area contributed by atoms with Crippen LogP contribution in [0.25, 0.3) is 0 Å². The van der Waals surface area contributed by atoms with E-state index in [9.17, 15) is 5.11 Å². The summed E-state index contributed by atoms with van der Waals surface area (Å²) in [6, 6.07) is 0. The summed E-state index contributed by atoms with van der Waals surface area (Å²) in [6.45, 7) is 4.31. The number of aliphatic hydroxyl groups is 1. The van der Waals surface area contributed by atoms with E-state index in [2.05, 4.69) is 18.2 Å². The van der Waals surface area contributed by atoms with Crippen LogP contribution in [0.15, 0.2) is 0 Å². The Labute approximate surface area is 93.2 Å². The lowest BCUT2D eigenvalue weighted by atomic mass is 10.2. The van der Waals surface area contributed by atoms with Crippen LogP contribution in [0.5, 0.6) is 0 Å². The fraction of sp³-hybridized carbons (Fsp3) is 0.833. The Kier molecular flexibility index (Phi) is 11.1. The van der Waals surface area contributed by atoms with Gasteiger partial charge >= 0.3 is 0 Å². The van der Waals surface area contributed by atoms with E-state index in [0.29, 0.717) is 19.7 Å². The Morgan fingerprint density at radius 1 is 1.40 bits per heavy atom. The minimum atomic E-state index is -0.454. The third-order valence-electron chi connectivity index (χ3n) is 2.06. The molecule has 1 atom stereocenters. The first-order chi connectivity index (χ1) is 7.31. The van der Waals surface area contributed by atoms with Gasteiger partial charge in [0.25, 0.3) is 0 Å². The van der Waals surface area contributed by atoms with Gasteiger partial charge in [0.2, 0.25) is 0 Å². The Morgan fingerprint density at radius 2 is 2.20 bits per heavy atom. The van der Waals surface area contributed by atoms with Gasteiger partial charge in [-0.15, -0.1) is 6.42 Å². The monoisotopic (exact) mass is 213 g/mol. The molecule has 0 rings (SSSR count). The van der Waals surface area contributed by atoms with Crippen molar-refractivity contribution in [1.82, 2.24) is 5.32 Å². The van der Waals surface area contributed by atoms with Gasteiger partial charge in [-0.05, 0) is 6.42 Å². The van der Waals surface area contributed by atoms with Crippen molar-refractivity contribution in [2.75, 3.05) is 26.3 Å². The lowest BCUT2D eigenvalue weighted by Gasteiger charge is -2.11. The molecular formula is C12H23NO2. The van der Waals surface area contributed by atoms with Gasteiger partial charge in [-0.1, -0.05) is 32.1 Å². The van der Waals surface area contributed by atoms with Crippen molar-refractivity contribution in [3.05, 3.63) is 0 Å². The average molecular weight is 213 g/mol. The summed E-state index contributed by atoms with van der Waals surface area (Å²) in [5.41, 5.74) is 0. The first kappa shape index (κ1) is 14.4. The Hall–Kier alpha value is -0.560. The SMILES string of the molecule is C#CCNCC(O)COCCCCCC. The lowest BCUT2D eigenvalue weighted by Crippen LogP contribution is -2.30. The third-order valence-corrected chi connectivity index (χ3v) is 2.06. The second-order valence-electron chi connectivity index (χ2n) is 3.62. The maximum atomic E-state index is 9.42. The molecule has 0 spiro atoms. The molecule has 0 saturated carbocycles. The summed E-state index contributed by atoms with van der Waals surface area (Å²) < 4.78 is 5.33. The van der Waals surface area contributed by atoms with Crippen LogP contribution >= 0.6 is 0 Å². The van der Waals surface area contributed by atoms with Crippen molar-refractivity contribution >= 4 is 0 Å². The summed E-state index contributed by atoms with van der Waals surface area (Å²) >= 11 is 0. The molecule has 0 bridgehead atoms. The van der Waals surface area contributed by atoms with Gasteiger partial charge in [-0.3, -0.25) is 0 Å². The average Bonchev–Trinajstić information content (AvgIpc) is 2.23. The molecule has 0 aromatic rings. The fourth-order valence-corrected chi connectivity index (χ4v) is 1.22. The van der Waals surface area contributed by atoms with Crippen LogP contribution in [-0.4, -0.2) is 37.5 Å². The first-order valence-corrected chi connectivity index (χ1v) is 5.71. The minimum absolute atomic E-state index is 0.393. The highest BCUT2D eigenvalue weighted by molar-refractivity contribution is 4.86. The predicted octanol–water partition coefficient (Wildman–Crippen LogP) is 1.17. The van der Waals surface area contributed by atoms with Crippen molar-refractivity contribution in [3.8, 4) is 12.3 Å². The minimum Gasteiger partial charge on any atom is -0.389 e. The van der Waals surface area contributed by atoms with Gasteiger partial charge in [0.1, 0.15) is 0 Å². The Morgan fingerprint density at radius 3 is 2.87 bits per heavy atom. The van der Waals surface area contributed by atoms with Crippen LogP contribution in [0, 0.1) is 12.3 Å². The highest BCUT2D eigenvalue weighted by Gasteiger charge is 2.02. The standard InChI is InChI=1S/C12H23NO2/c1-3-5-6-7-9-15-11-12(14)10-13-8-4-2/h2,12-14H,3,5-11H2,1H3. The van der Waals surface area contributed by atoms with Gasteiger partial charge in [-0.25, -0.2) is 0 Å². The molecule has 88 valence electrons. The molecule has 0 aromatic carbocycles. The van der Waals surface area contributed by atoms with E-state index in [1.54, 1.807) is 0 Å². The summed E-state index contributed by atoms with van der Waals surface area (Å²) in [4.78, 5) is 0. The van der Waals surface area contributed by atoms with E-state index in [1.165, 1.54) is 19.3 Å². The number of hydrogen-bond donors (Lipinski definition) is 2. The smallest absolute Gasteiger partial charge is 0.0897 e. The molecule has 0 aliphatic carbocycles. The molecule has 3 nitrogen and oxygen atoms in total. The van der Waals surface area contributed by atoms with Gasteiger partial charge in [0.05, 0.1) is 19.3 Å². The van der Waals surface area contributed by atoms with Crippen molar-refractivity contribution in [2.45, 2.75) is 38.7 Å². The van der Waals surface area contributed by atoms with Crippen LogP contribution in [0.3, 0.4) is 0 Å². The van der Waals surface area contributed by atoms with Gasteiger partial charge in [0.15, 0.2) is 0 Å². The molecule has 0 fully saturated rings. The lowest BCUT2D eigenvalue weighted by molar-refractivity contribution is 0.0360. The maximum absolute atomic E-state index is 9.42. The number of unbranched alkanes of at least 4 members (excludes halogenated alkanes) is 3. The molecule has 2 N–H and O–H groups in total. The van der Waals surface area contributed by atoms with Crippen LogP contribution in [0.2, 0.25) is 0 Å². The maximum Gasteiger partial charge on any atom is 0.0897 e. The van der Waals surface area contributed by atoms with E-state index >= 15 is 0 Å². The van der Waals surface area contributed by atoms with E-state index in [1.807, 2.05) is 0 Å². The fourth-order valence-electron chi connectivity index (χ4n) is 1.22. The molecule has 0 radical (unpaired) electrons. The largest absolute Gasteiger partial charge is 0.389 e. The topological polar surface area (TPSA) is 41.5 Å². The number of terminal acetylenes is 1. The molecule has 0 aliphatic rings. The zero-order valence-corrected chi connectivity index (χ0v) is 9.67. The van der Waals surface area contributed by atoms with E-state index in [0.717, 1.165) is 13.0 Å². The van der Waals surface area contributed by atoms with E-state index in [-0.39, 0.29) is 0 Å². The van der Waals surface area contributed by atoms with Crippen LogP contribution in [0.1, 0.15) is 32.6 Å². The first-order valence-electron chi connectivity index (χ1n) is 5.71. The van der Waals surface area contributed by atoms with Crippen molar-refractivity contribution < 1.29 is 9.84 Å².